The summed E-state index contributed by atoms with van der Waals surface area (Å²) in [6.45, 7) is -2.26. The molecule has 0 saturated carbocycles. The minimum atomic E-state index is -3.59. The summed E-state index contributed by atoms with van der Waals surface area (Å²) >= 11 is 0. The fourth-order valence-electron chi connectivity index (χ4n) is 8.56. The van der Waals surface area contributed by atoms with Crippen LogP contribution in [0.2, 0.25) is 0 Å². The van der Waals surface area contributed by atoms with Crippen LogP contribution in [-0.2, 0) is 10.8 Å². The van der Waals surface area contributed by atoms with E-state index in [0.29, 0.717) is 45.1 Å². The molecule has 0 aromatic heterocycles. The topological polar surface area (TPSA) is 18.5 Å². The first kappa shape index (κ1) is 24.6. The Labute approximate surface area is 327 Å². The second-order valence-electron chi connectivity index (χ2n) is 14.6. The van der Waals surface area contributed by atoms with Crippen molar-refractivity contribution in [3.05, 3.63) is 191 Å². The third kappa shape index (κ3) is 4.98. The van der Waals surface area contributed by atoms with Crippen molar-refractivity contribution in [1.29, 1.82) is 0 Å². The van der Waals surface area contributed by atoms with Gasteiger partial charge in [0.1, 0.15) is 23.0 Å². The van der Waals surface area contributed by atoms with E-state index in [4.69, 9.17) is 21.8 Å². The summed E-state index contributed by atoms with van der Waals surface area (Å²) in [7, 11) is -3.59. The number of benzene rings is 7. The van der Waals surface area contributed by atoms with Gasteiger partial charge in [-0.05, 0) is 63.3 Å². The highest BCUT2D eigenvalue weighted by molar-refractivity contribution is 7.20. The van der Waals surface area contributed by atoms with Gasteiger partial charge in [-0.15, -0.1) is 0 Å². The largest absolute Gasteiger partial charge is 0.457 e. The molecule has 0 amide bonds. The molecule has 2 aliphatic rings. The molecule has 0 saturated heterocycles. The molecule has 3 heteroatoms. The quantitative estimate of drug-likeness (QED) is 0.131. The summed E-state index contributed by atoms with van der Waals surface area (Å²) in [4.78, 5) is 0. The molecule has 0 fully saturated rings. The summed E-state index contributed by atoms with van der Waals surface area (Å²) < 4.78 is 93.9. The summed E-state index contributed by atoms with van der Waals surface area (Å²) in [5.74, 6) is 1.48. The second-order valence-corrected chi connectivity index (χ2v) is 18.3. The highest BCUT2D eigenvalue weighted by atomic mass is 28.3. The molecule has 7 aromatic rings. The first-order chi connectivity index (χ1) is 29.3. The van der Waals surface area contributed by atoms with E-state index in [2.05, 4.69) is 24.3 Å². The highest BCUT2D eigenvalue weighted by Crippen LogP contribution is 2.52. The first-order valence-electron chi connectivity index (χ1n) is 22.4. The van der Waals surface area contributed by atoms with Crippen LogP contribution in [0.1, 0.15) is 73.3 Å². The lowest BCUT2D eigenvalue weighted by Gasteiger charge is -2.40. The molecule has 2 atom stereocenters. The lowest BCUT2D eigenvalue weighted by atomic mass is 9.74. The lowest BCUT2D eigenvalue weighted by molar-refractivity contribution is 0.419. The average Bonchev–Trinajstić information content (AvgIpc) is 3.23. The number of aryl methyl sites for hydroxylation is 2. The van der Waals surface area contributed by atoms with Crippen LogP contribution in [0.3, 0.4) is 0 Å². The minimum absolute atomic E-state index is 0.0227. The van der Waals surface area contributed by atoms with Crippen molar-refractivity contribution < 1.29 is 21.8 Å². The summed E-state index contributed by atoms with van der Waals surface area (Å²) in [5.41, 5.74) is 0.710. The zero-order valence-electron chi connectivity index (χ0n) is 38.8. The molecule has 9 rings (SSSR count). The predicted molar refractivity (Wildman–Crippen MR) is 222 cm³/mol. The van der Waals surface area contributed by atoms with E-state index in [1.165, 1.54) is 6.07 Å². The van der Waals surface area contributed by atoms with Crippen LogP contribution < -0.4 is 30.2 Å². The molecule has 0 N–H and O–H groups in total. The normalized spacial score (nSPS) is 21.7. The van der Waals surface area contributed by atoms with E-state index in [1.807, 2.05) is 116 Å². The van der Waals surface area contributed by atoms with Crippen LogP contribution in [0, 0.1) is 13.8 Å². The van der Waals surface area contributed by atoms with Gasteiger partial charge in [-0.25, -0.2) is 0 Å². The fourth-order valence-corrected chi connectivity index (χ4v) is 13.5. The third-order valence-electron chi connectivity index (χ3n) is 11.2. The van der Waals surface area contributed by atoms with Crippen molar-refractivity contribution >= 4 is 28.8 Å². The molecule has 0 aliphatic carbocycles. The Morgan fingerprint density at radius 3 is 1.81 bits per heavy atom. The van der Waals surface area contributed by atoms with Crippen molar-refractivity contribution in [2.45, 2.75) is 52.2 Å². The molecule has 53 heavy (non-hydrogen) atoms. The number of rotatable bonds is 5. The Kier molecular flexibility index (Phi) is 5.66. The Hall–Kier alpha value is -5.64. The average molecular weight is 714 g/mol. The molecular weight excluding hydrogens is 661 g/mol. The Morgan fingerprint density at radius 2 is 1.09 bits per heavy atom. The van der Waals surface area contributed by atoms with Gasteiger partial charge in [-0.2, -0.15) is 0 Å². The van der Waals surface area contributed by atoms with E-state index in [0.717, 1.165) is 26.3 Å². The van der Waals surface area contributed by atoms with E-state index in [-0.39, 0.29) is 16.9 Å². The molecule has 2 nitrogen and oxygen atoms in total. The highest BCUT2D eigenvalue weighted by Gasteiger charge is 2.47. The van der Waals surface area contributed by atoms with Crippen molar-refractivity contribution in [2.75, 3.05) is 0 Å². The van der Waals surface area contributed by atoms with Crippen molar-refractivity contribution in [3.8, 4) is 34.1 Å². The Balaban J connectivity index is 1.39. The Morgan fingerprint density at radius 1 is 0.509 bits per heavy atom. The van der Waals surface area contributed by atoms with Gasteiger partial charge in [0.15, 0.2) is 8.07 Å². The van der Waals surface area contributed by atoms with E-state index in [1.54, 1.807) is 32.0 Å². The molecule has 260 valence electrons. The minimum Gasteiger partial charge on any atom is -0.457 e. The molecule has 2 unspecified atom stereocenters. The Bertz CT molecular complexity index is 2830. The van der Waals surface area contributed by atoms with Crippen molar-refractivity contribution in [3.63, 3.8) is 0 Å². The molecule has 7 aromatic carbocycles. The van der Waals surface area contributed by atoms with Gasteiger partial charge < -0.3 is 9.47 Å². The monoisotopic (exact) mass is 713 g/mol. The molecular formula is C50H44O2Si. The zero-order valence-corrected chi connectivity index (χ0v) is 30.8. The van der Waals surface area contributed by atoms with Gasteiger partial charge in [0.05, 0.1) is 0 Å². The van der Waals surface area contributed by atoms with E-state index >= 15 is 0 Å². The van der Waals surface area contributed by atoms with Gasteiger partial charge in [0, 0.05) is 51.0 Å². The van der Waals surface area contributed by atoms with Gasteiger partial charge in [-0.1, -0.05) is 173 Å². The summed E-state index contributed by atoms with van der Waals surface area (Å²) in [6.07, 6.45) is 0. The van der Waals surface area contributed by atoms with Crippen LogP contribution in [0.15, 0.2) is 158 Å². The maximum absolute atomic E-state index is 8.99. The molecule has 2 aliphatic heterocycles. The smallest absolute Gasteiger partial charge is 0.184 e. The molecule has 2 heterocycles. The number of fused-ring (bicyclic) bond motifs is 4. The fraction of sp³-hybridized carbons (Fsp3) is 0.160. The van der Waals surface area contributed by atoms with Crippen molar-refractivity contribution in [1.82, 2.24) is 0 Å². The van der Waals surface area contributed by atoms with Crippen LogP contribution in [0.5, 0.6) is 23.0 Å². The SMILES string of the molecule is [2H]C([2H])([2H])c1ccc2c(c1-c1cccc([Si](c3ccccc3)(c3ccccc3)c3cccc4c3Oc3ccccc3C4(C)C([2H])([2H])[2H])c1)Oc1cc(C)ccc1C2(C)C([2H])([2H])[2H]. The standard InChI is InChI=1S/C50H44O2Si/c1-33-27-29-40-44(31-33)52-48-42(50(40,5)6)30-28-34(2)46(48)35-17-15-22-38(32-35)53(36-18-9-7-10-19-36,37-20-11-8-12-21-37)45-26-16-24-41-47(45)51-43-25-14-13-23-39(43)49(41,3)4/h7-32H,1-6H3/i2D3,3D3,5D3. The van der Waals surface area contributed by atoms with E-state index in [9.17, 15) is 0 Å². The van der Waals surface area contributed by atoms with Gasteiger partial charge >= 0.3 is 0 Å². The van der Waals surface area contributed by atoms with Crippen molar-refractivity contribution in [2.24, 2.45) is 0 Å². The predicted octanol–water partition coefficient (Wildman–Crippen LogP) is 10.2. The number of para-hydroxylation sites is 2. The van der Waals surface area contributed by atoms with Crippen LogP contribution in [-0.4, -0.2) is 8.07 Å². The third-order valence-corrected chi connectivity index (χ3v) is 16.0. The molecule has 0 spiro atoms. The first-order valence-corrected chi connectivity index (χ1v) is 19.9. The van der Waals surface area contributed by atoms with Gasteiger partial charge in [0.2, 0.25) is 0 Å². The number of ether oxygens (including phenoxy) is 2. The van der Waals surface area contributed by atoms with Crippen LogP contribution in [0.4, 0.5) is 0 Å². The van der Waals surface area contributed by atoms with Gasteiger partial charge in [-0.3, -0.25) is 0 Å². The van der Waals surface area contributed by atoms with E-state index < -0.39 is 39.5 Å². The van der Waals surface area contributed by atoms with Gasteiger partial charge in [0.25, 0.3) is 0 Å². The molecule has 0 radical (unpaired) electrons. The maximum Gasteiger partial charge on any atom is 0.184 e. The zero-order chi connectivity index (χ0) is 44.0. The number of hydrogen-bond acceptors (Lipinski definition) is 2. The molecule has 0 bridgehead atoms. The maximum atomic E-state index is 8.99. The summed E-state index contributed by atoms with van der Waals surface area (Å²) in [6, 6.07) is 49.7. The van der Waals surface area contributed by atoms with Crippen LogP contribution in [0.25, 0.3) is 11.1 Å². The number of hydrogen-bond donors (Lipinski definition) is 0. The summed E-state index contributed by atoms with van der Waals surface area (Å²) in [5, 5.41) is 3.64. The second kappa shape index (κ2) is 12.2. The lowest BCUT2D eigenvalue weighted by Crippen LogP contribution is -2.75. The van der Waals surface area contributed by atoms with Crippen LogP contribution >= 0.6 is 0 Å².